The molecule has 0 rings (SSSR count). The van der Waals surface area contributed by atoms with Crippen LogP contribution in [0, 0.1) is 0 Å². The molecule has 0 aliphatic carbocycles. The average Bonchev–Trinajstić information content (AvgIpc) is 3.16. The first-order valence-electron chi connectivity index (χ1n) is 22.2. The van der Waals surface area contributed by atoms with E-state index in [4.69, 9.17) is 18.5 Å². The lowest BCUT2D eigenvalue weighted by Gasteiger charge is -2.24. The molecule has 328 valence electrons. The highest BCUT2D eigenvalue weighted by molar-refractivity contribution is 7.47. The van der Waals surface area contributed by atoms with Crippen molar-refractivity contribution in [1.29, 1.82) is 0 Å². The van der Waals surface area contributed by atoms with E-state index in [-0.39, 0.29) is 32.0 Å². The second kappa shape index (κ2) is 38.9. The van der Waals surface area contributed by atoms with Gasteiger partial charge < -0.3 is 18.9 Å². The van der Waals surface area contributed by atoms with Crippen LogP contribution in [0.4, 0.5) is 0 Å². The summed E-state index contributed by atoms with van der Waals surface area (Å²) in [6.45, 7) is 4.21. The van der Waals surface area contributed by atoms with Crippen molar-refractivity contribution in [3.05, 3.63) is 72.9 Å². The van der Waals surface area contributed by atoms with E-state index in [2.05, 4.69) is 74.6 Å². The van der Waals surface area contributed by atoms with Crippen LogP contribution in [0.15, 0.2) is 72.9 Å². The molecule has 10 heteroatoms. The topological polar surface area (TPSA) is 108 Å². The minimum absolute atomic E-state index is 0.0157. The Morgan fingerprint density at radius 2 is 1.00 bits per heavy atom. The molecule has 0 aromatic rings. The molecule has 57 heavy (non-hydrogen) atoms. The molecule has 0 spiro atoms. The van der Waals surface area contributed by atoms with Crippen LogP contribution in [-0.2, 0) is 32.7 Å². The predicted octanol–water partition coefficient (Wildman–Crippen LogP) is 12.6. The number of nitrogens with zero attached hydrogens (tertiary/aromatic N) is 1. The lowest BCUT2D eigenvalue weighted by molar-refractivity contribution is -0.870. The maximum Gasteiger partial charge on any atom is 0.472 e. The molecule has 0 aromatic heterocycles. The normalized spacial score (nSPS) is 14.3. The Bertz CT molecular complexity index is 1200. The summed E-state index contributed by atoms with van der Waals surface area (Å²) in [4.78, 5) is 35.3. The van der Waals surface area contributed by atoms with Crippen LogP contribution in [0.2, 0.25) is 0 Å². The Hall–Kier alpha value is -2.55. The minimum Gasteiger partial charge on any atom is -0.462 e. The number of unbranched alkanes of at least 4 members (excludes halogenated alkanes) is 13. The summed E-state index contributed by atoms with van der Waals surface area (Å²) < 4.78 is 34.2. The molecular weight excluding hydrogens is 737 g/mol. The molecule has 1 N–H and O–H groups in total. The van der Waals surface area contributed by atoms with Gasteiger partial charge in [0.1, 0.15) is 19.8 Å². The highest BCUT2D eigenvalue weighted by atomic mass is 31.2. The maximum absolute atomic E-state index is 12.7. The summed E-state index contributed by atoms with van der Waals surface area (Å²) in [6.07, 6.45) is 48.2. The van der Waals surface area contributed by atoms with Gasteiger partial charge in [-0.05, 0) is 51.4 Å². The third-order valence-electron chi connectivity index (χ3n) is 9.01. The van der Waals surface area contributed by atoms with Crippen LogP contribution in [0.25, 0.3) is 0 Å². The number of carbonyl (C=O) groups excluding carboxylic acids is 2. The summed E-state index contributed by atoms with van der Waals surface area (Å²) in [6, 6.07) is 0. The summed E-state index contributed by atoms with van der Waals surface area (Å²) in [5.74, 6) is -0.899. The highest BCUT2D eigenvalue weighted by Gasteiger charge is 2.27. The Balaban J connectivity index is 4.50. The van der Waals surface area contributed by atoms with Crippen LogP contribution in [0.1, 0.15) is 162 Å². The Kier molecular flexibility index (Phi) is 37.2. The number of carbonyl (C=O) groups is 2. The summed E-state index contributed by atoms with van der Waals surface area (Å²) in [5.41, 5.74) is 0. The van der Waals surface area contributed by atoms with Crippen molar-refractivity contribution in [3.63, 3.8) is 0 Å². The van der Waals surface area contributed by atoms with E-state index < -0.39 is 26.5 Å². The number of quaternary nitrogens is 1. The molecule has 0 aliphatic heterocycles. The molecule has 0 heterocycles. The van der Waals surface area contributed by atoms with E-state index in [0.29, 0.717) is 17.4 Å². The van der Waals surface area contributed by atoms with Crippen LogP contribution in [0.3, 0.4) is 0 Å². The molecule has 0 bridgehead atoms. The van der Waals surface area contributed by atoms with Crippen LogP contribution < -0.4 is 0 Å². The molecule has 0 radical (unpaired) electrons. The first kappa shape index (κ1) is 54.5. The van der Waals surface area contributed by atoms with Gasteiger partial charge in [-0.2, -0.15) is 0 Å². The van der Waals surface area contributed by atoms with Crippen LogP contribution >= 0.6 is 7.82 Å². The number of phosphoric ester groups is 1. The van der Waals surface area contributed by atoms with Crippen molar-refractivity contribution >= 4 is 19.8 Å². The van der Waals surface area contributed by atoms with Gasteiger partial charge in [0.2, 0.25) is 0 Å². The van der Waals surface area contributed by atoms with Gasteiger partial charge in [-0.1, -0.05) is 170 Å². The molecule has 2 atom stereocenters. The van der Waals surface area contributed by atoms with Gasteiger partial charge in [0.05, 0.1) is 27.7 Å². The van der Waals surface area contributed by atoms with E-state index in [9.17, 15) is 19.0 Å². The monoisotopic (exact) mass is 821 g/mol. The number of likely N-dealkylation sites (N-methyl/N-ethyl adjacent to an activating group) is 1. The van der Waals surface area contributed by atoms with Crippen molar-refractivity contribution in [2.24, 2.45) is 0 Å². The second-order valence-electron chi connectivity index (χ2n) is 15.7. The quantitative estimate of drug-likeness (QED) is 0.0215. The van der Waals surface area contributed by atoms with Gasteiger partial charge in [-0.3, -0.25) is 18.6 Å². The van der Waals surface area contributed by atoms with Gasteiger partial charge in [0.15, 0.2) is 6.10 Å². The van der Waals surface area contributed by atoms with Crippen molar-refractivity contribution in [1.82, 2.24) is 0 Å². The standard InChI is InChI=1S/C47H82NO8P/c1-6-8-10-12-14-16-18-20-22-23-24-25-26-28-30-32-34-36-38-40-47(50)56-45(44-55-57(51,52)54-42-41-48(3,4)5)43-53-46(49)39-37-35-33-31-29-27-21-19-17-15-13-11-9-7-2/h8,10,14,16,20,22,24-25,28,30,34,36,45H,6-7,9,11-13,15,17-19,21,23,26-27,29,31-33,35,37-44H2,1-5H3/p+1/b10-8+,16-14+,22-20+,25-24+,30-28+,36-34+/t45-/m1/s1. The van der Waals surface area contributed by atoms with Gasteiger partial charge in [-0.25, -0.2) is 4.57 Å². The maximum atomic E-state index is 12.7. The average molecular weight is 821 g/mol. The summed E-state index contributed by atoms with van der Waals surface area (Å²) >= 11 is 0. The van der Waals surface area contributed by atoms with Gasteiger partial charge in [-0.15, -0.1) is 0 Å². The van der Waals surface area contributed by atoms with Crippen LogP contribution in [0.5, 0.6) is 0 Å². The molecule has 0 amide bonds. The molecule has 0 saturated heterocycles. The molecule has 1 unspecified atom stereocenters. The third-order valence-corrected chi connectivity index (χ3v) is 10.00. The number of hydrogen-bond donors (Lipinski definition) is 1. The lowest BCUT2D eigenvalue weighted by Crippen LogP contribution is -2.37. The van der Waals surface area contributed by atoms with Gasteiger partial charge in [0.25, 0.3) is 0 Å². The van der Waals surface area contributed by atoms with E-state index >= 15 is 0 Å². The fourth-order valence-electron chi connectivity index (χ4n) is 5.57. The first-order chi connectivity index (χ1) is 27.5. The van der Waals surface area contributed by atoms with Crippen molar-refractivity contribution < 1.29 is 42.1 Å². The molecule has 0 aromatic carbocycles. The Morgan fingerprint density at radius 1 is 0.561 bits per heavy atom. The summed E-state index contributed by atoms with van der Waals surface area (Å²) in [7, 11) is 1.42. The van der Waals surface area contributed by atoms with Crippen molar-refractivity contribution in [2.75, 3.05) is 47.5 Å². The molecular formula is C47H83NO8P+. The third kappa shape index (κ3) is 42.9. The smallest absolute Gasteiger partial charge is 0.462 e. The van der Waals surface area contributed by atoms with Crippen molar-refractivity contribution in [2.45, 2.75) is 168 Å². The zero-order valence-electron chi connectivity index (χ0n) is 36.8. The van der Waals surface area contributed by atoms with Gasteiger partial charge >= 0.3 is 19.8 Å². The van der Waals surface area contributed by atoms with Gasteiger partial charge in [0, 0.05) is 12.8 Å². The Morgan fingerprint density at radius 3 is 1.46 bits per heavy atom. The number of allylic oxidation sites excluding steroid dienone is 12. The molecule has 9 nitrogen and oxygen atoms in total. The van der Waals surface area contributed by atoms with E-state index in [1.807, 2.05) is 33.3 Å². The minimum atomic E-state index is -4.40. The fourth-order valence-corrected chi connectivity index (χ4v) is 6.31. The number of phosphoric acid groups is 1. The lowest BCUT2D eigenvalue weighted by atomic mass is 10.0. The molecule has 0 aliphatic rings. The van der Waals surface area contributed by atoms with E-state index in [1.54, 1.807) is 0 Å². The number of ether oxygens (including phenoxy) is 2. The SMILES string of the molecule is CC/C=C/C/C=C/C/C=C/C/C=C/C/C=C/C/C=C/CCC(=O)O[C@H](COC(=O)CCCCCCCCCCCCCCCC)COP(=O)(O)OCC[N+](C)(C)C. The Labute approximate surface area is 348 Å². The molecule has 0 saturated carbocycles. The summed E-state index contributed by atoms with van der Waals surface area (Å²) in [5, 5.41) is 0. The zero-order valence-corrected chi connectivity index (χ0v) is 37.7. The van der Waals surface area contributed by atoms with E-state index in [1.165, 1.54) is 70.6 Å². The fraction of sp³-hybridized carbons (Fsp3) is 0.702. The highest BCUT2D eigenvalue weighted by Crippen LogP contribution is 2.43. The first-order valence-corrected chi connectivity index (χ1v) is 23.7. The molecule has 0 fully saturated rings. The van der Waals surface area contributed by atoms with E-state index in [0.717, 1.165) is 57.8 Å². The van der Waals surface area contributed by atoms with Crippen LogP contribution in [-0.4, -0.2) is 74.9 Å². The second-order valence-corrected chi connectivity index (χ2v) is 17.2. The predicted molar refractivity (Wildman–Crippen MR) is 238 cm³/mol. The number of esters is 2. The van der Waals surface area contributed by atoms with Crippen molar-refractivity contribution in [3.8, 4) is 0 Å². The largest absolute Gasteiger partial charge is 0.472 e. The number of rotatable bonds is 39. The number of hydrogen-bond acceptors (Lipinski definition) is 7. The zero-order chi connectivity index (χ0) is 42.1.